The van der Waals surface area contributed by atoms with E-state index in [2.05, 4.69) is 17.2 Å². The summed E-state index contributed by atoms with van der Waals surface area (Å²) in [6, 6.07) is 0. The zero-order valence-electron chi connectivity index (χ0n) is 7.34. The molecule has 1 heterocycles. The zero-order chi connectivity index (χ0) is 8.44. The van der Waals surface area contributed by atoms with Gasteiger partial charge in [0.1, 0.15) is 0 Å². The van der Waals surface area contributed by atoms with E-state index in [0.717, 1.165) is 5.13 Å². The normalized spacial score (nSPS) is 20.1. The Morgan fingerprint density at radius 3 is 2.92 bits per heavy atom. The fraction of sp³-hybridized carbons (Fsp3) is 0.667. The Bertz CT molecular complexity index is 234. The number of thiazole rings is 1. The highest BCUT2D eigenvalue weighted by atomic mass is 32.1. The van der Waals surface area contributed by atoms with Crippen LogP contribution in [-0.4, -0.2) is 10.5 Å². The molecule has 0 bridgehead atoms. The SMILES string of the molecule is CCC1(Nc2nccs2)CCC1. The second-order valence-corrected chi connectivity index (χ2v) is 4.34. The number of hydrogen-bond donors (Lipinski definition) is 1. The second-order valence-electron chi connectivity index (χ2n) is 3.45. The van der Waals surface area contributed by atoms with Gasteiger partial charge in [0.25, 0.3) is 0 Å². The Morgan fingerprint density at radius 1 is 1.67 bits per heavy atom. The Morgan fingerprint density at radius 2 is 2.50 bits per heavy atom. The highest BCUT2D eigenvalue weighted by Gasteiger charge is 2.35. The van der Waals surface area contributed by atoms with Gasteiger partial charge >= 0.3 is 0 Å². The van der Waals surface area contributed by atoms with Crippen molar-refractivity contribution in [3.63, 3.8) is 0 Å². The predicted octanol–water partition coefficient (Wildman–Crippen LogP) is 2.89. The zero-order valence-corrected chi connectivity index (χ0v) is 8.16. The molecule has 0 atom stereocenters. The van der Waals surface area contributed by atoms with Gasteiger partial charge in [-0.05, 0) is 25.7 Å². The minimum Gasteiger partial charge on any atom is -0.356 e. The van der Waals surface area contributed by atoms with Crippen molar-refractivity contribution in [1.82, 2.24) is 4.98 Å². The largest absolute Gasteiger partial charge is 0.356 e. The molecule has 0 amide bonds. The Hall–Kier alpha value is -0.570. The number of nitrogens with zero attached hydrogens (tertiary/aromatic N) is 1. The summed E-state index contributed by atoms with van der Waals surface area (Å²) in [5, 5.41) is 6.63. The first-order chi connectivity index (χ1) is 5.85. The van der Waals surface area contributed by atoms with Crippen LogP contribution >= 0.6 is 11.3 Å². The second kappa shape index (κ2) is 3.05. The molecular formula is C9H14N2S. The topological polar surface area (TPSA) is 24.9 Å². The van der Waals surface area contributed by atoms with Crippen molar-refractivity contribution in [3.05, 3.63) is 11.6 Å². The third-order valence-electron chi connectivity index (χ3n) is 2.79. The number of anilines is 1. The average molecular weight is 182 g/mol. The van der Waals surface area contributed by atoms with Gasteiger partial charge in [-0.3, -0.25) is 0 Å². The summed E-state index contributed by atoms with van der Waals surface area (Å²) in [6.07, 6.45) is 7.06. The van der Waals surface area contributed by atoms with E-state index in [1.807, 2.05) is 11.6 Å². The molecule has 3 heteroatoms. The van der Waals surface area contributed by atoms with E-state index in [-0.39, 0.29) is 0 Å². The lowest BCUT2D eigenvalue weighted by atomic mass is 9.75. The molecular weight excluding hydrogens is 168 g/mol. The van der Waals surface area contributed by atoms with Gasteiger partial charge in [-0.2, -0.15) is 0 Å². The fourth-order valence-electron chi connectivity index (χ4n) is 1.68. The maximum absolute atomic E-state index is 4.24. The van der Waals surface area contributed by atoms with Crippen molar-refractivity contribution in [3.8, 4) is 0 Å². The smallest absolute Gasteiger partial charge is 0.183 e. The molecule has 1 aliphatic rings. The van der Waals surface area contributed by atoms with E-state index in [0.29, 0.717) is 5.54 Å². The van der Waals surface area contributed by atoms with Crippen molar-refractivity contribution in [2.75, 3.05) is 5.32 Å². The van der Waals surface area contributed by atoms with Crippen molar-refractivity contribution in [1.29, 1.82) is 0 Å². The first kappa shape index (κ1) is 8.05. The molecule has 1 aromatic heterocycles. The van der Waals surface area contributed by atoms with Crippen LogP contribution in [0.5, 0.6) is 0 Å². The molecule has 0 radical (unpaired) electrons. The van der Waals surface area contributed by atoms with Gasteiger partial charge in [0.05, 0.1) is 0 Å². The van der Waals surface area contributed by atoms with E-state index in [1.165, 1.54) is 25.7 Å². The first-order valence-corrected chi connectivity index (χ1v) is 5.40. The summed E-state index contributed by atoms with van der Waals surface area (Å²) in [5.41, 5.74) is 0.387. The Kier molecular flexibility index (Phi) is 2.05. The maximum Gasteiger partial charge on any atom is 0.183 e. The van der Waals surface area contributed by atoms with Crippen molar-refractivity contribution < 1.29 is 0 Å². The van der Waals surface area contributed by atoms with E-state index in [1.54, 1.807) is 11.3 Å². The number of rotatable bonds is 3. The van der Waals surface area contributed by atoms with E-state index < -0.39 is 0 Å². The molecule has 0 unspecified atom stereocenters. The Balaban J connectivity index is 2.01. The third kappa shape index (κ3) is 1.33. The summed E-state index contributed by atoms with van der Waals surface area (Å²) in [6.45, 7) is 2.25. The molecule has 1 aromatic rings. The minimum absolute atomic E-state index is 0.387. The molecule has 12 heavy (non-hydrogen) atoms. The van der Waals surface area contributed by atoms with Gasteiger partial charge in [0.15, 0.2) is 5.13 Å². The van der Waals surface area contributed by atoms with Gasteiger partial charge in [-0.25, -0.2) is 4.98 Å². The van der Waals surface area contributed by atoms with Crippen molar-refractivity contribution >= 4 is 16.5 Å². The highest BCUT2D eigenvalue weighted by molar-refractivity contribution is 7.13. The molecule has 2 rings (SSSR count). The Labute approximate surface area is 77.0 Å². The number of nitrogens with one attached hydrogen (secondary N) is 1. The molecule has 1 saturated carbocycles. The van der Waals surface area contributed by atoms with Gasteiger partial charge < -0.3 is 5.32 Å². The van der Waals surface area contributed by atoms with Crippen LogP contribution in [-0.2, 0) is 0 Å². The monoisotopic (exact) mass is 182 g/mol. The molecule has 1 fully saturated rings. The summed E-state index contributed by atoms with van der Waals surface area (Å²) in [5.74, 6) is 0. The van der Waals surface area contributed by atoms with E-state index in [9.17, 15) is 0 Å². The standard InChI is InChI=1S/C9H14N2S/c1-2-9(4-3-5-9)11-8-10-6-7-12-8/h6-7H,2-5H2,1H3,(H,10,11). The van der Waals surface area contributed by atoms with Crippen molar-refractivity contribution in [2.45, 2.75) is 38.1 Å². The van der Waals surface area contributed by atoms with Gasteiger partial charge in [-0.1, -0.05) is 6.92 Å². The third-order valence-corrected chi connectivity index (χ3v) is 3.48. The van der Waals surface area contributed by atoms with Crippen LogP contribution in [0, 0.1) is 0 Å². The molecule has 2 nitrogen and oxygen atoms in total. The molecule has 1 N–H and O–H groups in total. The number of hydrogen-bond acceptors (Lipinski definition) is 3. The minimum atomic E-state index is 0.387. The van der Waals surface area contributed by atoms with Crippen LogP contribution in [0.25, 0.3) is 0 Å². The lowest BCUT2D eigenvalue weighted by molar-refractivity contribution is 0.269. The molecule has 0 saturated heterocycles. The van der Waals surface area contributed by atoms with Crippen LogP contribution in [0.15, 0.2) is 11.6 Å². The molecule has 0 spiro atoms. The van der Waals surface area contributed by atoms with Crippen molar-refractivity contribution in [2.24, 2.45) is 0 Å². The maximum atomic E-state index is 4.24. The fourth-order valence-corrected chi connectivity index (χ4v) is 2.33. The summed E-state index contributed by atoms with van der Waals surface area (Å²) in [7, 11) is 0. The number of aromatic nitrogens is 1. The first-order valence-electron chi connectivity index (χ1n) is 4.52. The molecule has 66 valence electrons. The quantitative estimate of drug-likeness (QED) is 0.777. The predicted molar refractivity (Wildman–Crippen MR) is 52.6 cm³/mol. The van der Waals surface area contributed by atoms with E-state index >= 15 is 0 Å². The van der Waals surface area contributed by atoms with Gasteiger partial charge in [-0.15, -0.1) is 11.3 Å². The van der Waals surface area contributed by atoms with Crippen LogP contribution in [0.4, 0.5) is 5.13 Å². The average Bonchev–Trinajstić information content (AvgIpc) is 2.49. The van der Waals surface area contributed by atoms with Crippen LogP contribution in [0.3, 0.4) is 0 Å². The molecule has 0 aliphatic heterocycles. The summed E-state index contributed by atoms with van der Waals surface area (Å²) in [4.78, 5) is 4.24. The van der Waals surface area contributed by atoms with Gasteiger partial charge in [0.2, 0.25) is 0 Å². The lowest BCUT2D eigenvalue weighted by Crippen LogP contribution is -2.44. The van der Waals surface area contributed by atoms with Gasteiger partial charge in [0, 0.05) is 17.1 Å². The lowest BCUT2D eigenvalue weighted by Gasteiger charge is -2.41. The molecule has 0 aromatic carbocycles. The van der Waals surface area contributed by atoms with Crippen LogP contribution < -0.4 is 5.32 Å². The van der Waals surface area contributed by atoms with Crippen LogP contribution in [0.1, 0.15) is 32.6 Å². The van der Waals surface area contributed by atoms with Crippen LogP contribution in [0.2, 0.25) is 0 Å². The summed E-state index contributed by atoms with van der Waals surface area (Å²) < 4.78 is 0. The molecule has 1 aliphatic carbocycles. The van der Waals surface area contributed by atoms with E-state index in [4.69, 9.17) is 0 Å². The summed E-state index contributed by atoms with van der Waals surface area (Å²) >= 11 is 1.69. The highest BCUT2D eigenvalue weighted by Crippen LogP contribution is 2.38.